The first-order valence-corrected chi connectivity index (χ1v) is 4.74. The summed E-state index contributed by atoms with van der Waals surface area (Å²) in [5.41, 5.74) is -1.88. The summed E-state index contributed by atoms with van der Waals surface area (Å²) in [6.07, 6.45) is 0.312. The molecule has 0 aliphatic heterocycles. The lowest BCUT2D eigenvalue weighted by Crippen LogP contribution is -2.42. The Balaban J connectivity index is 3.17. The Morgan fingerprint density at radius 1 is 1.38 bits per heavy atom. The first-order chi connectivity index (χ1) is 7.22. The van der Waals surface area contributed by atoms with Gasteiger partial charge in [-0.2, -0.15) is 0 Å². The number of rotatable bonds is 0. The molecule has 1 aromatic heterocycles. The minimum absolute atomic E-state index is 0.468. The maximum Gasteiger partial charge on any atom is 0.422 e. The van der Waals surface area contributed by atoms with E-state index < -0.39 is 22.9 Å². The minimum atomic E-state index is -0.798. The Hall–Kier alpha value is -1.79. The van der Waals surface area contributed by atoms with Gasteiger partial charge in [0.2, 0.25) is 13.5 Å². The number of hydrogen-bond donors (Lipinski definition) is 0. The third kappa shape index (κ3) is 2.62. The van der Waals surface area contributed by atoms with Crippen LogP contribution in [-0.4, -0.2) is 28.7 Å². The molecule has 1 rings (SSSR count). The van der Waals surface area contributed by atoms with Crippen LogP contribution in [0.1, 0.15) is 20.8 Å². The molecule has 0 radical (unpaired) electrons. The van der Waals surface area contributed by atoms with Gasteiger partial charge >= 0.3 is 11.8 Å². The van der Waals surface area contributed by atoms with Crippen molar-refractivity contribution in [3.05, 3.63) is 33.1 Å². The van der Waals surface area contributed by atoms with Crippen molar-refractivity contribution < 1.29 is 9.53 Å². The van der Waals surface area contributed by atoms with Gasteiger partial charge in [0.25, 0.3) is 0 Å². The van der Waals surface area contributed by atoms with Gasteiger partial charge in [0.15, 0.2) is 0 Å². The molecule has 0 amide bonds. The Bertz CT molecular complexity index is 524. The lowest BCUT2D eigenvalue weighted by atomic mass is 10.2. The summed E-state index contributed by atoms with van der Waals surface area (Å²) in [6.45, 7) is 5.08. The van der Waals surface area contributed by atoms with Gasteiger partial charge in [-0.25, -0.2) is 14.2 Å². The van der Waals surface area contributed by atoms with Crippen molar-refractivity contribution >= 4 is 14.1 Å². The molecule has 6 nitrogen and oxygen atoms in total. The van der Waals surface area contributed by atoms with Crippen LogP contribution in [0.25, 0.3) is 0 Å². The van der Waals surface area contributed by atoms with Crippen molar-refractivity contribution in [2.24, 2.45) is 0 Å². The van der Waals surface area contributed by atoms with E-state index in [0.29, 0.717) is 0 Å². The Kier molecular flexibility index (Phi) is 3.07. The van der Waals surface area contributed by atoms with Crippen molar-refractivity contribution in [2.75, 3.05) is 0 Å². The molecule has 0 N–H and O–H groups in total. The van der Waals surface area contributed by atoms with Crippen LogP contribution in [0.3, 0.4) is 0 Å². The summed E-state index contributed by atoms with van der Waals surface area (Å²) in [7, 11) is 1.30. The second kappa shape index (κ2) is 4.00. The molecule has 0 bridgehead atoms. The molecule has 1 heterocycles. The highest BCUT2D eigenvalue weighted by molar-refractivity contribution is 6.06. The van der Waals surface area contributed by atoms with E-state index in [4.69, 9.17) is 4.74 Å². The molecule has 0 aliphatic carbocycles. The zero-order chi connectivity index (χ0) is 12.5. The second-order valence-electron chi connectivity index (χ2n) is 4.35. The van der Waals surface area contributed by atoms with Crippen LogP contribution in [-0.2, 0) is 4.74 Å². The molecule has 0 aromatic carbocycles. The highest BCUT2D eigenvalue weighted by Gasteiger charge is 2.19. The van der Waals surface area contributed by atoms with E-state index in [-0.39, 0.29) is 0 Å². The van der Waals surface area contributed by atoms with Crippen LogP contribution in [0.15, 0.2) is 21.9 Å². The number of carbonyl (C=O) groups excluding carboxylic acids is 1. The fraction of sp³-hybridized carbons (Fsp3) is 0.444. The summed E-state index contributed by atoms with van der Waals surface area (Å²) in [4.78, 5) is 34.2. The fourth-order valence-corrected chi connectivity index (χ4v) is 1.02. The lowest BCUT2D eigenvalue weighted by molar-refractivity contribution is 0.0527. The standard InChI is InChI=1S/C9H13BN2O4/c1-9(2,3)16-8(15)11-5-4-6(13)12(10)7(11)14/h4-5H,10H2,1-3H3. The molecular weight excluding hydrogens is 211 g/mol. The van der Waals surface area contributed by atoms with E-state index in [9.17, 15) is 14.4 Å². The van der Waals surface area contributed by atoms with Crippen molar-refractivity contribution in [2.45, 2.75) is 26.4 Å². The molecule has 0 unspecified atom stereocenters. The SMILES string of the molecule is Bn1c(=O)ccn(C(=O)OC(C)(C)C)c1=O. The smallest absolute Gasteiger partial charge is 0.422 e. The van der Waals surface area contributed by atoms with Gasteiger partial charge in [-0.1, -0.05) is 0 Å². The molecule has 0 saturated heterocycles. The molecule has 0 saturated carbocycles. The van der Waals surface area contributed by atoms with Crippen molar-refractivity contribution in [3.63, 3.8) is 0 Å². The molecule has 86 valence electrons. The summed E-state index contributed by atoms with van der Waals surface area (Å²) in [6, 6.07) is 1.13. The maximum absolute atomic E-state index is 11.6. The average molecular weight is 224 g/mol. The number of aromatic nitrogens is 2. The topological polar surface area (TPSA) is 70.3 Å². The third-order valence-electron chi connectivity index (χ3n) is 1.78. The molecule has 0 spiro atoms. The van der Waals surface area contributed by atoms with Gasteiger partial charge < -0.3 is 9.21 Å². The molecule has 7 heteroatoms. The summed E-state index contributed by atoms with van der Waals surface area (Å²) < 4.78 is 6.60. The number of carbonyl (C=O) groups is 1. The van der Waals surface area contributed by atoms with Gasteiger partial charge in [-0.3, -0.25) is 4.79 Å². The highest BCUT2D eigenvalue weighted by atomic mass is 16.6. The molecule has 0 atom stereocenters. The van der Waals surface area contributed by atoms with E-state index in [2.05, 4.69) is 0 Å². The normalized spacial score (nSPS) is 11.2. The Morgan fingerprint density at radius 3 is 2.44 bits per heavy atom. The van der Waals surface area contributed by atoms with Crippen LogP contribution in [0.2, 0.25) is 0 Å². The first-order valence-electron chi connectivity index (χ1n) is 4.74. The highest BCUT2D eigenvalue weighted by Crippen LogP contribution is 2.07. The second-order valence-corrected chi connectivity index (χ2v) is 4.35. The van der Waals surface area contributed by atoms with Crippen LogP contribution in [0.4, 0.5) is 4.79 Å². The lowest BCUT2D eigenvalue weighted by Gasteiger charge is -2.19. The zero-order valence-corrected chi connectivity index (χ0v) is 9.68. The third-order valence-corrected chi connectivity index (χ3v) is 1.78. The first kappa shape index (κ1) is 12.3. The predicted molar refractivity (Wildman–Crippen MR) is 60.5 cm³/mol. The van der Waals surface area contributed by atoms with E-state index in [0.717, 1.165) is 21.3 Å². The average Bonchev–Trinajstić information content (AvgIpc) is 2.11. The fourth-order valence-electron chi connectivity index (χ4n) is 1.02. The molecule has 0 fully saturated rings. The largest absolute Gasteiger partial charge is 0.443 e. The number of ether oxygens (including phenoxy) is 1. The molecule has 1 aromatic rings. The van der Waals surface area contributed by atoms with E-state index >= 15 is 0 Å². The van der Waals surface area contributed by atoms with Gasteiger partial charge in [0.05, 0.1) is 0 Å². The van der Waals surface area contributed by atoms with Gasteiger partial charge in [0, 0.05) is 12.3 Å². The van der Waals surface area contributed by atoms with E-state index in [1.54, 1.807) is 20.8 Å². The molecule has 16 heavy (non-hydrogen) atoms. The van der Waals surface area contributed by atoms with Crippen molar-refractivity contribution in [1.29, 1.82) is 0 Å². The van der Waals surface area contributed by atoms with Crippen LogP contribution in [0.5, 0.6) is 0 Å². The maximum atomic E-state index is 11.6. The molecule has 0 aliphatic rings. The number of nitrogens with zero attached hydrogens (tertiary/aromatic N) is 2. The predicted octanol–water partition coefficient (Wildman–Crippen LogP) is -0.811. The Morgan fingerprint density at radius 2 is 1.94 bits per heavy atom. The molecular formula is C9H13BN2O4. The van der Waals surface area contributed by atoms with E-state index in [1.807, 2.05) is 0 Å². The minimum Gasteiger partial charge on any atom is -0.443 e. The monoisotopic (exact) mass is 224 g/mol. The van der Waals surface area contributed by atoms with Crippen LogP contribution >= 0.6 is 0 Å². The van der Waals surface area contributed by atoms with Crippen LogP contribution in [0, 0.1) is 0 Å². The summed E-state index contributed by atoms with van der Waals surface area (Å²) in [5, 5.41) is 0. The van der Waals surface area contributed by atoms with Gasteiger partial charge in [-0.15, -0.1) is 0 Å². The van der Waals surface area contributed by atoms with Crippen molar-refractivity contribution in [3.8, 4) is 0 Å². The number of hydrogen-bond acceptors (Lipinski definition) is 4. The van der Waals surface area contributed by atoms with E-state index in [1.165, 1.54) is 7.98 Å². The summed E-state index contributed by atoms with van der Waals surface area (Å²) in [5.74, 6) is 0. The summed E-state index contributed by atoms with van der Waals surface area (Å²) >= 11 is 0. The van der Waals surface area contributed by atoms with Gasteiger partial charge in [-0.05, 0) is 20.8 Å². The van der Waals surface area contributed by atoms with Crippen LogP contribution < -0.4 is 11.2 Å². The van der Waals surface area contributed by atoms with Crippen molar-refractivity contribution in [1.82, 2.24) is 9.05 Å². The van der Waals surface area contributed by atoms with Gasteiger partial charge in [0.1, 0.15) is 5.60 Å². The quantitative estimate of drug-likeness (QED) is 0.540. The Labute approximate surface area is 92.9 Å². The zero-order valence-electron chi connectivity index (χ0n) is 9.68.